The molecule has 8 rings (SSSR count). The topological polar surface area (TPSA) is 196 Å². The van der Waals surface area contributed by atoms with E-state index in [4.69, 9.17) is 64.7 Å². The normalized spacial score (nSPS) is 11.2. The number of amides is 2. The summed E-state index contributed by atoms with van der Waals surface area (Å²) in [5.41, 5.74) is 24.9. The highest BCUT2D eigenvalue weighted by Gasteiger charge is 2.36. The van der Waals surface area contributed by atoms with Gasteiger partial charge < -0.3 is 33.6 Å². The lowest BCUT2D eigenvalue weighted by Gasteiger charge is -2.17. The molecular formula is C59H53BCl3F10N6O4P. The lowest BCUT2D eigenvalue weighted by molar-refractivity contribution is -0.137. The van der Waals surface area contributed by atoms with Crippen LogP contribution in [0.4, 0.5) is 78.4 Å². The molecule has 0 spiro atoms. The van der Waals surface area contributed by atoms with Crippen LogP contribution in [0.2, 0.25) is 0 Å². The SMILES string of the molecule is C.Cc1cc(N)ccc1-c1ccc(N)cc1C(F)(F)F.Cc1cc(NC(=O)c2ccc(C(=O)Nc3ccc(-c4ccc(N)cc4C)c(C(F)(F)F)c3)cc2)ccc1-c1ccc(N)cc1C(F)(F)F.O=C(Cl)c1ccc(C(=O)Cl)cc1.[2H][B].[3H]F.[3H]PCl. The maximum absolute atomic E-state index is 14.0. The van der Waals surface area contributed by atoms with Crippen LogP contribution >= 0.6 is 43.0 Å². The highest BCUT2D eigenvalue weighted by Crippen LogP contribution is 2.43. The summed E-state index contributed by atoms with van der Waals surface area (Å²) in [6, 6.07) is 35.9. The first kappa shape index (κ1) is 66.7. The Balaban J connectivity index is 0.000000538. The molecule has 0 bridgehead atoms. The summed E-state index contributed by atoms with van der Waals surface area (Å²) in [7, 11) is 3.56. The van der Waals surface area contributed by atoms with E-state index in [1.54, 1.807) is 45.0 Å². The molecule has 10 N–H and O–H groups in total. The standard InChI is InChI=1S/C36H28F6N4O2.C14H13F3N2.C8H4Cl2O2.CH4.BH.ClH2P.FH/c1-19-15-23(43)7-11-27(19)30-14-10-26(18-32(30)36(40,41)42)46-34(48)22-5-3-21(4-6-22)33(47)45-25-9-13-28(20(2)16-25)29-12-8-24(44)17-31(29)35(37,38)39;1-8-6-9(18)2-4-11(8)12-5-3-10(19)7-13(12)14(15,16)17;9-7(11)5-1-2-6(4-3-5)8(10)12;;;1-2;/h3-18H,43-44H2,1-2H3,(H,45,47)(H,46,48);2-7H,18-19H2,1H3;1-4H;1H4;1H;2H2;1H/i;;;;1D;2T;/hT. The molecule has 1 atom stereocenters. The molecule has 2 amide bonds. The number of nitrogens with two attached hydrogens (primary N) is 4. The highest BCUT2D eigenvalue weighted by atomic mass is 35.7. The molecule has 2 radical (unpaired) electrons. The molecule has 1 unspecified atom stereocenters. The number of nitrogen functional groups attached to an aromatic ring is 4. The van der Waals surface area contributed by atoms with Gasteiger partial charge in [-0.1, -0.05) is 43.8 Å². The van der Waals surface area contributed by atoms with Crippen LogP contribution in [0.1, 0.15) is 82.2 Å². The monoisotopic (exact) mass is 1250 g/mol. The zero-order valence-corrected chi connectivity index (χ0v) is 46.7. The van der Waals surface area contributed by atoms with E-state index in [2.05, 4.69) is 20.5 Å². The van der Waals surface area contributed by atoms with Crippen molar-refractivity contribution in [3.8, 4) is 33.4 Å². The van der Waals surface area contributed by atoms with E-state index in [1.807, 2.05) is 0 Å². The number of carbonyl (C=O) groups excluding carboxylic acids is 4. The van der Waals surface area contributed by atoms with Gasteiger partial charge in [0, 0.05) is 64.8 Å². The van der Waals surface area contributed by atoms with Crippen molar-refractivity contribution >= 4 is 108 Å². The second-order valence-electron chi connectivity index (χ2n) is 17.7. The molecule has 0 fully saturated rings. The van der Waals surface area contributed by atoms with Crippen molar-refractivity contribution in [1.82, 2.24) is 0 Å². The summed E-state index contributed by atoms with van der Waals surface area (Å²) in [5, 5.41) is 4.03. The van der Waals surface area contributed by atoms with Gasteiger partial charge in [-0.2, -0.15) is 39.5 Å². The lowest BCUT2D eigenvalue weighted by atomic mass is 9.94. The number of carbonyl (C=O) groups is 4. The maximum Gasteiger partial charge on any atom is 0.417 e. The Hall–Kier alpha value is -8.10. The molecule has 442 valence electrons. The Morgan fingerprint density at radius 3 is 0.976 bits per heavy atom. The fraction of sp³-hybridized carbons (Fsp3) is 0.119. The lowest BCUT2D eigenvalue weighted by Crippen LogP contribution is -2.15. The molecule has 0 aromatic heterocycles. The van der Waals surface area contributed by atoms with Crippen molar-refractivity contribution in [2.45, 2.75) is 46.7 Å². The van der Waals surface area contributed by atoms with Crippen LogP contribution in [0.5, 0.6) is 0 Å². The molecule has 10 nitrogen and oxygen atoms in total. The Morgan fingerprint density at radius 2 is 0.690 bits per heavy atom. The molecule has 8 aromatic rings. The molecule has 8 aromatic carbocycles. The summed E-state index contributed by atoms with van der Waals surface area (Å²) >= 11 is 15.0. The zero-order valence-electron chi connectivity index (χ0n) is 46.4. The van der Waals surface area contributed by atoms with Gasteiger partial charge in [-0.15, -0.1) is 11.2 Å². The van der Waals surface area contributed by atoms with Gasteiger partial charge in [-0.05, 0) is 225 Å². The zero-order chi connectivity index (χ0) is 65.0. The van der Waals surface area contributed by atoms with Crippen LogP contribution in [0, 0.1) is 20.8 Å². The number of benzene rings is 8. The minimum Gasteiger partial charge on any atom is -0.399 e. The third kappa shape index (κ3) is 19.0. The van der Waals surface area contributed by atoms with Gasteiger partial charge in [-0.25, -0.2) is 0 Å². The summed E-state index contributed by atoms with van der Waals surface area (Å²) in [4.78, 5) is 47.0. The predicted octanol–water partition coefficient (Wildman–Crippen LogP) is 16.8. The number of alkyl halides is 9. The molecule has 0 aliphatic rings. The third-order valence-corrected chi connectivity index (χ3v) is 12.3. The van der Waals surface area contributed by atoms with Crippen molar-refractivity contribution in [3.05, 3.63) is 213 Å². The van der Waals surface area contributed by atoms with Crippen molar-refractivity contribution in [2.75, 3.05) is 33.6 Å². The van der Waals surface area contributed by atoms with Gasteiger partial charge in [0.05, 0.1) is 18.0 Å². The van der Waals surface area contributed by atoms with Crippen LogP contribution in [0.25, 0.3) is 33.4 Å². The second-order valence-corrected chi connectivity index (χ2v) is 18.3. The largest absolute Gasteiger partial charge is 0.417 e. The molecule has 0 saturated carbocycles. The van der Waals surface area contributed by atoms with E-state index in [0.29, 0.717) is 61.6 Å². The summed E-state index contributed by atoms with van der Waals surface area (Å²) in [6.07, 6.45) is -13.8. The molecule has 0 heterocycles. The van der Waals surface area contributed by atoms with Gasteiger partial charge in [0.2, 0.25) is 0 Å². The van der Waals surface area contributed by atoms with E-state index in [0.717, 1.165) is 18.2 Å². The van der Waals surface area contributed by atoms with Gasteiger partial charge in [-0.3, -0.25) is 23.9 Å². The van der Waals surface area contributed by atoms with Crippen molar-refractivity contribution < 1.29 is 63.4 Å². The van der Waals surface area contributed by atoms with Gasteiger partial charge in [0.25, 0.3) is 23.8 Å². The minimum absolute atomic E-state index is 0. The fourth-order valence-electron chi connectivity index (χ4n) is 8.09. The average molecular weight is 1250 g/mol. The van der Waals surface area contributed by atoms with Crippen LogP contribution < -0.4 is 33.6 Å². The average Bonchev–Trinajstić information content (AvgIpc) is 1.11. The van der Waals surface area contributed by atoms with E-state index < -0.39 is 57.5 Å². The summed E-state index contributed by atoms with van der Waals surface area (Å²) < 4.78 is 146. The number of anilines is 6. The Bertz CT molecular complexity index is 3630. The van der Waals surface area contributed by atoms with Gasteiger partial charge in [0.1, 0.15) is 0 Å². The number of rotatable bonds is 9. The first-order valence-corrected chi connectivity index (χ1v) is 25.6. The Kier molecular flexibility index (Phi) is 24.2. The smallest absolute Gasteiger partial charge is 0.399 e. The minimum atomic E-state index is -4.71. The number of halogens is 13. The van der Waals surface area contributed by atoms with E-state index >= 15 is 0 Å². The molecular weight excluding hydrogens is 1190 g/mol. The fourth-order valence-corrected chi connectivity index (χ4v) is 8.34. The summed E-state index contributed by atoms with van der Waals surface area (Å²) in [6.45, 7) is 4.99. The van der Waals surface area contributed by atoms with Gasteiger partial charge >= 0.3 is 18.5 Å². The first-order chi connectivity index (χ1) is 40.3. The predicted molar refractivity (Wildman–Crippen MR) is 324 cm³/mol. The van der Waals surface area contributed by atoms with Crippen molar-refractivity contribution in [1.29, 1.82) is 4.07 Å². The molecule has 25 heteroatoms. The van der Waals surface area contributed by atoms with Crippen molar-refractivity contribution in [3.63, 3.8) is 0 Å². The quantitative estimate of drug-likeness (QED) is 0.0270. The number of hydrogen-bond acceptors (Lipinski definition) is 8. The number of aryl methyl sites for hydroxylation is 3. The van der Waals surface area contributed by atoms with Crippen LogP contribution in [-0.4, -0.2) is 34.7 Å². The Labute approximate surface area is 500 Å². The molecule has 84 heavy (non-hydrogen) atoms. The summed E-state index contributed by atoms with van der Waals surface area (Å²) in [5.74, 6) is -1.25. The first-order valence-electron chi connectivity index (χ1n) is 24.8. The maximum atomic E-state index is 14.0. The third-order valence-electron chi connectivity index (χ3n) is 11.9. The van der Waals surface area contributed by atoms with Crippen LogP contribution in [0.3, 0.4) is 0 Å². The Morgan fingerprint density at radius 1 is 0.452 bits per heavy atom. The van der Waals surface area contributed by atoms with E-state index in [9.17, 15) is 58.7 Å². The number of hydrogen-bond donors (Lipinski definition) is 6. The second kappa shape index (κ2) is 30.5. The van der Waals surface area contributed by atoms with Crippen LogP contribution in [0.15, 0.2) is 158 Å². The van der Waals surface area contributed by atoms with Gasteiger partial charge in [0.15, 0.2) is 0 Å². The molecule has 0 aliphatic heterocycles. The molecule has 0 aliphatic carbocycles. The highest BCUT2D eigenvalue weighted by molar-refractivity contribution is 7.52. The van der Waals surface area contributed by atoms with E-state index in [1.165, 1.54) is 115 Å². The van der Waals surface area contributed by atoms with Crippen LogP contribution in [-0.2, 0) is 18.5 Å². The molecule has 0 saturated heterocycles. The number of nitrogens with one attached hydrogen (secondary N) is 2. The van der Waals surface area contributed by atoms with Crippen molar-refractivity contribution in [2.24, 2.45) is 0 Å². The van der Waals surface area contributed by atoms with E-state index in [-0.39, 0.29) is 60.8 Å².